The van der Waals surface area contributed by atoms with Crippen LogP contribution < -0.4 is 5.48 Å². The Kier molecular flexibility index (Phi) is 3.94. The van der Waals surface area contributed by atoms with Gasteiger partial charge in [0.15, 0.2) is 0 Å². The highest BCUT2D eigenvalue weighted by Gasteiger charge is 2.15. The SMILES string of the molecule is O=C(NOC1CCCCC1)c1ccccc1. The van der Waals surface area contributed by atoms with Crippen LogP contribution in [0.25, 0.3) is 0 Å². The minimum atomic E-state index is -0.161. The van der Waals surface area contributed by atoms with E-state index >= 15 is 0 Å². The maximum atomic E-state index is 11.7. The number of amides is 1. The first-order chi connectivity index (χ1) is 7.86. The van der Waals surface area contributed by atoms with E-state index in [0.29, 0.717) is 5.56 Å². The molecule has 16 heavy (non-hydrogen) atoms. The largest absolute Gasteiger partial charge is 0.274 e. The topological polar surface area (TPSA) is 38.3 Å². The van der Waals surface area contributed by atoms with E-state index in [-0.39, 0.29) is 12.0 Å². The Morgan fingerprint density at radius 1 is 1.12 bits per heavy atom. The van der Waals surface area contributed by atoms with Crippen LogP contribution in [-0.4, -0.2) is 12.0 Å². The Balaban J connectivity index is 1.79. The fourth-order valence-corrected chi connectivity index (χ4v) is 1.97. The first kappa shape index (κ1) is 11.1. The van der Waals surface area contributed by atoms with Crippen LogP contribution in [0.15, 0.2) is 30.3 Å². The molecule has 1 aromatic carbocycles. The Bertz CT molecular complexity index is 331. The summed E-state index contributed by atoms with van der Waals surface area (Å²) in [5.74, 6) is -0.161. The summed E-state index contributed by atoms with van der Waals surface area (Å²) in [6.07, 6.45) is 5.98. The van der Waals surface area contributed by atoms with Gasteiger partial charge in [0.25, 0.3) is 5.91 Å². The number of carbonyl (C=O) groups is 1. The zero-order valence-electron chi connectivity index (χ0n) is 9.32. The van der Waals surface area contributed by atoms with Crippen LogP contribution in [0, 0.1) is 0 Å². The standard InChI is InChI=1S/C13H17NO2/c15-13(11-7-3-1-4-8-11)14-16-12-9-5-2-6-10-12/h1,3-4,7-8,12H,2,5-6,9-10H2,(H,14,15). The molecule has 3 nitrogen and oxygen atoms in total. The highest BCUT2D eigenvalue weighted by Crippen LogP contribution is 2.19. The van der Waals surface area contributed by atoms with Crippen molar-refractivity contribution < 1.29 is 9.63 Å². The van der Waals surface area contributed by atoms with Crippen LogP contribution in [-0.2, 0) is 4.84 Å². The minimum Gasteiger partial charge on any atom is -0.270 e. The lowest BCUT2D eigenvalue weighted by Crippen LogP contribution is -2.30. The van der Waals surface area contributed by atoms with E-state index in [1.807, 2.05) is 18.2 Å². The first-order valence-corrected chi connectivity index (χ1v) is 5.87. The van der Waals surface area contributed by atoms with Crippen molar-refractivity contribution in [3.8, 4) is 0 Å². The number of nitrogens with one attached hydrogen (secondary N) is 1. The maximum absolute atomic E-state index is 11.7. The van der Waals surface area contributed by atoms with Gasteiger partial charge in [0, 0.05) is 5.56 Å². The average Bonchev–Trinajstić information content (AvgIpc) is 2.38. The molecule has 0 unspecified atom stereocenters. The van der Waals surface area contributed by atoms with E-state index in [9.17, 15) is 4.79 Å². The summed E-state index contributed by atoms with van der Waals surface area (Å²) in [4.78, 5) is 17.1. The van der Waals surface area contributed by atoms with E-state index in [1.165, 1.54) is 19.3 Å². The number of rotatable bonds is 3. The normalized spacial score (nSPS) is 17.0. The molecule has 1 N–H and O–H groups in total. The summed E-state index contributed by atoms with van der Waals surface area (Å²) in [6.45, 7) is 0. The molecular formula is C13H17NO2. The van der Waals surface area contributed by atoms with Gasteiger partial charge in [0.05, 0.1) is 6.10 Å². The lowest BCUT2D eigenvalue weighted by molar-refractivity contribution is -0.0312. The van der Waals surface area contributed by atoms with Crippen molar-refractivity contribution in [3.63, 3.8) is 0 Å². The van der Waals surface area contributed by atoms with Crippen molar-refractivity contribution >= 4 is 5.91 Å². The molecule has 0 radical (unpaired) electrons. The molecule has 0 spiro atoms. The average molecular weight is 219 g/mol. The van der Waals surface area contributed by atoms with E-state index in [4.69, 9.17) is 4.84 Å². The molecule has 0 heterocycles. The van der Waals surface area contributed by atoms with Crippen molar-refractivity contribution in [2.24, 2.45) is 0 Å². The van der Waals surface area contributed by atoms with E-state index in [2.05, 4.69) is 5.48 Å². The van der Waals surface area contributed by atoms with Gasteiger partial charge >= 0.3 is 0 Å². The quantitative estimate of drug-likeness (QED) is 0.794. The molecule has 0 aliphatic heterocycles. The summed E-state index contributed by atoms with van der Waals surface area (Å²) < 4.78 is 0. The fraction of sp³-hybridized carbons (Fsp3) is 0.462. The molecule has 86 valence electrons. The second-order valence-corrected chi connectivity index (χ2v) is 4.18. The fourth-order valence-electron chi connectivity index (χ4n) is 1.97. The molecule has 1 aliphatic rings. The highest BCUT2D eigenvalue weighted by molar-refractivity contribution is 5.93. The van der Waals surface area contributed by atoms with Gasteiger partial charge in [-0.3, -0.25) is 9.63 Å². The molecule has 1 aliphatic carbocycles. The van der Waals surface area contributed by atoms with Crippen LogP contribution >= 0.6 is 0 Å². The second kappa shape index (κ2) is 5.66. The molecule has 0 bridgehead atoms. The Labute approximate surface area is 95.8 Å². The maximum Gasteiger partial charge on any atom is 0.274 e. The number of hydrogen-bond acceptors (Lipinski definition) is 2. The predicted octanol–water partition coefficient (Wildman–Crippen LogP) is 2.68. The van der Waals surface area contributed by atoms with Gasteiger partial charge in [-0.2, -0.15) is 0 Å². The molecule has 1 fully saturated rings. The van der Waals surface area contributed by atoms with Crippen molar-refractivity contribution in [2.45, 2.75) is 38.2 Å². The van der Waals surface area contributed by atoms with E-state index in [1.54, 1.807) is 12.1 Å². The third-order valence-electron chi connectivity index (χ3n) is 2.91. The number of hydrogen-bond donors (Lipinski definition) is 1. The van der Waals surface area contributed by atoms with Crippen molar-refractivity contribution in [3.05, 3.63) is 35.9 Å². The van der Waals surface area contributed by atoms with Crippen LogP contribution in [0.4, 0.5) is 0 Å². The summed E-state index contributed by atoms with van der Waals surface area (Å²) in [5.41, 5.74) is 3.17. The number of hydroxylamine groups is 1. The predicted molar refractivity (Wildman–Crippen MR) is 61.9 cm³/mol. The van der Waals surface area contributed by atoms with Gasteiger partial charge in [0.1, 0.15) is 0 Å². The highest BCUT2D eigenvalue weighted by atomic mass is 16.7. The second-order valence-electron chi connectivity index (χ2n) is 4.18. The van der Waals surface area contributed by atoms with Crippen molar-refractivity contribution in [1.82, 2.24) is 5.48 Å². The lowest BCUT2D eigenvalue weighted by Gasteiger charge is -2.21. The molecule has 1 saturated carbocycles. The number of carbonyl (C=O) groups excluding carboxylic acids is 1. The molecule has 3 heteroatoms. The van der Waals surface area contributed by atoms with Gasteiger partial charge in [-0.25, -0.2) is 5.48 Å². The van der Waals surface area contributed by atoms with Crippen molar-refractivity contribution in [2.75, 3.05) is 0 Å². The van der Waals surface area contributed by atoms with E-state index in [0.717, 1.165) is 12.8 Å². The van der Waals surface area contributed by atoms with Gasteiger partial charge in [-0.15, -0.1) is 0 Å². The molecular weight excluding hydrogens is 202 g/mol. The Morgan fingerprint density at radius 3 is 2.50 bits per heavy atom. The monoisotopic (exact) mass is 219 g/mol. The minimum absolute atomic E-state index is 0.161. The van der Waals surface area contributed by atoms with Gasteiger partial charge in [0.2, 0.25) is 0 Å². The number of benzene rings is 1. The summed E-state index contributed by atoms with van der Waals surface area (Å²) in [6, 6.07) is 9.13. The first-order valence-electron chi connectivity index (χ1n) is 5.87. The smallest absolute Gasteiger partial charge is 0.270 e. The molecule has 1 amide bonds. The zero-order valence-corrected chi connectivity index (χ0v) is 9.32. The van der Waals surface area contributed by atoms with Crippen LogP contribution in [0.3, 0.4) is 0 Å². The third kappa shape index (κ3) is 3.07. The molecule has 2 rings (SSSR count). The molecule has 0 atom stereocenters. The lowest BCUT2D eigenvalue weighted by atomic mass is 9.98. The van der Waals surface area contributed by atoms with Crippen LogP contribution in [0.2, 0.25) is 0 Å². The molecule has 0 aromatic heterocycles. The summed E-state index contributed by atoms with van der Waals surface area (Å²) >= 11 is 0. The van der Waals surface area contributed by atoms with E-state index < -0.39 is 0 Å². The van der Waals surface area contributed by atoms with Crippen molar-refractivity contribution in [1.29, 1.82) is 0 Å². The molecule has 0 saturated heterocycles. The summed E-state index contributed by atoms with van der Waals surface area (Å²) in [7, 11) is 0. The van der Waals surface area contributed by atoms with Crippen LogP contribution in [0.1, 0.15) is 42.5 Å². The Hall–Kier alpha value is -1.35. The molecule has 1 aromatic rings. The van der Waals surface area contributed by atoms with Gasteiger partial charge in [-0.1, -0.05) is 37.5 Å². The van der Waals surface area contributed by atoms with Crippen LogP contribution in [0.5, 0.6) is 0 Å². The van der Waals surface area contributed by atoms with Gasteiger partial charge in [-0.05, 0) is 25.0 Å². The Morgan fingerprint density at radius 2 is 1.81 bits per heavy atom. The van der Waals surface area contributed by atoms with Gasteiger partial charge < -0.3 is 0 Å². The third-order valence-corrected chi connectivity index (χ3v) is 2.91. The zero-order chi connectivity index (χ0) is 11.2. The summed E-state index contributed by atoms with van der Waals surface area (Å²) in [5, 5.41) is 0.